The molecular formula is C18H27BrN2O2. The Hall–Kier alpha value is -1.07. The molecule has 0 saturated heterocycles. The number of amides is 1. The molecule has 1 aliphatic rings. The normalized spacial score (nSPS) is 22.4. The van der Waals surface area contributed by atoms with Gasteiger partial charge >= 0.3 is 0 Å². The molecule has 4 nitrogen and oxygen atoms in total. The third-order valence-electron chi connectivity index (χ3n) is 4.63. The SMILES string of the molecule is COc1ccc(C(C)NCC(=O)NC2CCC(C)CC2)cc1Br. The van der Waals surface area contributed by atoms with Crippen LogP contribution < -0.4 is 15.4 Å². The molecule has 1 fully saturated rings. The van der Waals surface area contributed by atoms with Crippen molar-refractivity contribution in [2.24, 2.45) is 5.92 Å². The number of nitrogens with one attached hydrogen (secondary N) is 2. The Morgan fingerprint density at radius 1 is 1.35 bits per heavy atom. The Labute approximate surface area is 147 Å². The predicted molar refractivity (Wildman–Crippen MR) is 96.7 cm³/mol. The number of carbonyl (C=O) groups is 1. The second-order valence-corrected chi connectivity index (χ2v) is 7.38. The van der Waals surface area contributed by atoms with Gasteiger partial charge in [-0.3, -0.25) is 4.79 Å². The zero-order valence-corrected chi connectivity index (χ0v) is 15.8. The van der Waals surface area contributed by atoms with Crippen LogP contribution in [0.3, 0.4) is 0 Å². The molecule has 5 heteroatoms. The maximum atomic E-state index is 12.1. The Balaban J connectivity index is 1.78. The molecule has 0 bridgehead atoms. The molecule has 1 amide bonds. The highest BCUT2D eigenvalue weighted by molar-refractivity contribution is 9.10. The van der Waals surface area contributed by atoms with Crippen molar-refractivity contribution in [3.05, 3.63) is 28.2 Å². The summed E-state index contributed by atoms with van der Waals surface area (Å²) in [4.78, 5) is 12.1. The molecule has 23 heavy (non-hydrogen) atoms. The van der Waals surface area contributed by atoms with Gasteiger partial charge in [0.25, 0.3) is 0 Å². The lowest BCUT2D eigenvalue weighted by Gasteiger charge is -2.27. The average molecular weight is 383 g/mol. The smallest absolute Gasteiger partial charge is 0.234 e. The summed E-state index contributed by atoms with van der Waals surface area (Å²) in [5.41, 5.74) is 1.12. The molecule has 0 radical (unpaired) electrons. The lowest BCUT2D eigenvalue weighted by atomic mass is 9.87. The Bertz CT molecular complexity index is 528. The van der Waals surface area contributed by atoms with E-state index >= 15 is 0 Å². The zero-order valence-electron chi connectivity index (χ0n) is 14.2. The van der Waals surface area contributed by atoms with Gasteiger partial charge in [0, 0.05) is 12.1 Å². The molecule has 1 aromatic carbocycles. The third-order valence-corrected chi connectivity index (χ3v) is 5.25. The number of hydrogen-bond acceptors (Lipinski definition) is 3. The lowest BCUT2D eigenvalue weighted by molar-refractivity contribution is -0.121. The van der Waals surface area contributed by atoms with Crippen LogP contribution in [-0.4, -0.2) is 25.6 Å². The van der Waals surface area contributed by atoms with Gasteiger partial charge < -0.3 is 15.4 Å². The Morgan fingerprint density at radius 2 is 2.04 bits per heavy atom. The molecule has 128 valence electrons. The first-order valence-corrected chi connectivity index (χ1v) is 9.15. The standard InChI is InChI=1S/C18H27BrN2O2/c1-12-4-7-15(8-5-12)21-18(22)11-20-13(2)14-6-9-17(23-3)16(19)10-14/h6,9-10,12-13,15,20H,4-5,7-8,11H2,1-3H3,(H,21,22). The van der Waals surface area contributed by atoms with E-state index in [1.807, 2.05) is 18.2 Å². The quantitative estimate of drug-likeness (QED) is 0.786. The fraction of sp³-hybridized carbons (Fsp3) is 0.611. The molecule has 0 spiro atoms. The van der Waals surface area contributed by atoms with Crippen molar-refractivity contribution in [2.75, 3.05) is 13.7 Å². The molecule has 0 aliphatic heterocycles. The van der Waals surface area contributed by atoms with Crippen LogP contribution in [0.25, 0.3) is 0 Å². The van der Waals surface area contributed by atoms with Gasteiger partial charge in [0.2, 0.25) is 5.91 Å². The Kier molecular flexibility index (Phi) is 6.90. The molecule has 1 unspecified atom stereocenters. The molecule has 0 aromatic heterocycles. The highest BCUT2D eigenvalue weighted by atomic mass is 79.9. The van der Waals surface area contributed by atoms with E-state index in [2.05, 4.69) is 40.4 Å². The van der Waals surface area contributed by atoms with Crippen molar-refractivity contribution in [3.63, 3.8) is 0 Å². The molecule has 1 atom stereocenters. The van der Waals surface area contributed by atoms with Gasteiger partial charge in [-0.05, 0) is 72.2 Å². The van der Waals surface area contributed by atoms with Crippen LogP contribution >= 0.6 is 15.9 Å². The molecular weight excluding hydrogens is 356 g/mol. The maximum absolute atomic E-state index is 12.1. The highest BCUT2D eigenvalue weighted by Gasteiger charge is 2.19. The second-order valence-electron chi connectivity index (χ2n) is 6.52. The van der Waals surface area contributed by atoms with Gasteiger partial charge in [0.05, 0.1) is 18.1 Å². The second kappa shape index (κ2) is 8.69. The van der Waals surface area contributed by atoms with Gasteiger partial charge in [-0.15, -0.1) is 0 Å². The summed E-state index contributed by atoms with van der Waals surface area (Å²) in [5.74, 6) is 1.70. The fourth-order valence-electron chi connectivity index (χ4n) is 3.00. The van der Waals surface area contributed by atoms with Crippen LogP contribution in [0.15, 0.2) is 22.7 Å². The highest BCUT2D eigenvalue weighted by Crippen LogP contribution is 2.28. The summed E-state index contributed by atoms with van der Waals surface area (Å²) in [6.07, 6.45) is 4.64. The van der Waals surface area contributed by atoms with Crippen molar-refractivity contribution in [3.8, 4) is 5.75 Å². The minimum absolute atomic E-state index is 0.0870. The van der Waals surface area contributed by atoms with E-state index in [9.17, 15) is 4.79 Å². The number of ether oxygens (including phenoxy) is 1. The van der Waals surface area contributed by atoms with E-state index in [-0.39, 0.29) is 11.9 Å². The topological polar surface area (TPSA) is 50.4 Å². The van der Waals surface area contributed by atoms with Crippen LogP contribution in [0.5, 0.6) is 5.75 Å². The molecule has 1 aromatic rings. The molecule has 0 heterocycles. The van der Waals surface area contributed by atoms with Crippen molar-refractivity contribution >= 4 is 21.8 Å². The van der Waals surface area contributed by atoms with E-state index in [1.54, 1.807) is 7.11 Å². The summed E-state index contributed by atoms with van der Waals surface area (Å²) in [5, 5.41) is 6.43. The average Bonchev–Trinajstić information content (AvgIpc) is 2.54. The summed E-state index contributed by atoms with van der Waals surface area (Å²) < 4.78 is 6.16. The number of carbonyl (C=O) groups excluding carboxylic acids is 1. The third kappa shape index (κ3) is 5.50. The summed E-state index contributed by atoms with van der Waals surface area (Å²) in [6, 6.07) is 6.43. The van der Waals surface area contributed by atoms with E-state index in [1.165, 1.54) is 12.8 Å². The molecule has 2 rings (SSSR count). The predicted octanol–water partition coefficient (Wildman–Crippen LogP) is 3.80. The van der Waals surface area contributed by atoms with Crippen molar-refractivity contribution in [1.82, 2.24) is 10.6 Å². The van der Waals surface area contributed by atoms with Gasteiger partial charge in [0.15, 0.2) is 0 Å². The van der Waals surface area contributed by atoms with Crippen LogP contribution in [0.4, 0.5) is 0 Å². The fourth-order valence-corrected chi connectivity index (χ4v) is 3.56. The first-order valence-electron chi connectivity index (χ1n) is 8.35. The summed E-state index contributed by atoms with van der Waals surface area (Å²) in [7, 11) is 1.65. The first kappa shape index (κ1) is 18.3. The number of methoxy groups -OCH3 is 1. The number of hydrogen-bond donors (Lipinski definition) is 2. The van der Waals surface area contributed by atoms with Gasteiger partial charge in [-0.1, -0.05) is 13.0 Å². The summed E-state index contributed by atoms with van der Waals surface area (Å²) in [6.45, 7) is 4.69. The molecule has 1 aliphatic carbocycles. The molecule has 1 saturated carbocycles. The number of benzene rings is 1. The van der Waals surface area contributed by atoms with E-state index in [4.69, 9.17) is 4.74 Å². The van der Waals surface area contributed by atoms with Gasteiger partial charge in [0.1, 0.15) is 5.75 Å². The first-order chi connectivity index (χ1) is 11.0. The monoisotopic (exact) mass is 382 g/mol. The van der Waals surface area contributed by atoms with Crippen LogP contribution in [-0.2, 0) is 4.79 Å². The lowest BCUT2D eigenvalue weighted by Crippen LogP contribution is -2.42. The van der Waals surface area contributed by atoms with Crippen molar-refractivity contribution in [2.45, 2.75) is 51.6 Å². The van der Waals surface area contributed by atoms with E-state index in [0.717, 1.165) is 34.5 Å². The van der Waals surface area contributed by atoms with Crippen LogP contribution in [0, 0.1) is 5.92 Å². The van der Waals surface area contributed by atoms with Crippen molar-refractivity contribution in [1.29, 1.82) is 0 Å². The van der Waals surface area contributed by atoms with E-state index < -0.39 is 0 Å². The van der Waals surface area contributed by atoms with Crippen LogP contribution in [0.2, 0.25) is 0 Å². The Morgan fingerprint density at radius 3 is 2.65 bits per heavy atom. The van der Waals surface area contributed by atoms with Crippen LogP contribution in [0.1, 0.15) is 51.1 Å². The van der Waals surface area contributed by atoms with E-state index in [0.29, 0.717) is 12.6 Å². The maximum Gasteiger partial charge on any atom is 0.234 e. The number of rotatable bonds is 6. The number of halogens is 1. The zero-order chi connectivity index (χ0) is 16.8. The minimum atomic E-state index is 0.0870. The largest absolute Gasteiger partial charge is 0.496 e. The van der Waals surface area contributed by atoms with Gasteiger partial charge in [-0.2, -0.15) is 0 Å². The van der Waals surface area contributed by atoms with Gasteiger partial charge in [-0.25, -0.2) is 0 Å². The molecule has 2 N–H and O–H groups in total. The van der Waals surface area contributed by atoms with Crippen molar-refractivity contribution < 1.29 is 9.53 Å². The minimum Gasteiger partial charge on any atom is -0.496 e. The summed E-state index contributed by atoms with van der Waals surface area (Å²) >= 11 is 3.49.